The predicted octanol–water partition coefficient (Wildman–Crippen LogP) is 1.28. The van der Waals surface area contributed by atoms with E-state index in [1.165, 1.54) is 5.56 Å². The number of ether oxygens (including phenoxy) is 1. The summed E-state index contributed by atoms with van der Waals surface area (Å²) < 4.78 is 7.12. The lowest BCUT2D eigenvalue weighted by molar-refractivity contribution is 0.0666. The average molecular weight is 232 g/mol. The number of nitrogens with zero attached hydrogens (tertiary/aromatic N) is 3. The fourth-order valence-electron chi connectivity index (χ4n) is 2.34. The third kappa shape index (κ3) is 2.10. The minimum Gasteiger partial charge on any atom is -0.396 e. The van der Waals surface area contributed by atoms with Gasteiger partial charge in [0.1, 0.15) is 0 Å². The smallest absolute Gasteiger partial charge is 0.158 e. The number of rotatable bonds is 2. The summed E-state index contributed by atoms with van der Waals surface area (Å²) in [6.07, 6.45) is 8.68. The Bertz CT molecular complexity index is 516. The molecule has 0 amide bonds. The zero-order valence-electron chi connectivity index (χ0n) is 9.67. The first-order valence-corrected chi connectivity index (χ1v) is 5.98. The monoisotopic (exact) mass is 232 g/mol. The van der Waals surface area contributed by atoms with Crippen LogP contribution >= 0.6 is 0 Å². The molecule has 5 heteroatoms. The molecule has 0 aliphatic carbocycles. The number of aromatic nitrogens is 3. The van der Waals surface area contributed by atoms with Gasteiger partial charge in [-0.25, -0.2) is 9.50 Å². The molecule has 90 valence electrons. The van der Waals surface area contributed by atoms with Gasteiger partial charge in [0.05, 0.1) is 24.3 Å². The first kappa shape index (κ1) is 10.5. The zero-order valence-corrected chi connectivity index (χ0v) is 9.67. The fourth-order valence-corrected chi connectivity index (χ4v) is 2.34. The second-order valence-electron chi connectivity index (χ2n) is 4.59. The quantitative estimate of drug-likeness (QED) is 0.847. The fraction of sp³-hybridized carbons (Fsp3) is 0.500. The number of hydrogen-bond acceptors (Lipinski definition) is 4. The van der Waals surface area contributed by atoms with E-state index in [2.05, 4.69) is 10.1 Å². The second kappa shape index (κ2) is 4.33. The summed E-state index contributed by atoms with van der Waals surface area (Å²) in [5, 5.41) is 4.29. The topological polar surface area (TPSA) is 65.4 Å². The summed E-state index contributed by atoms with van der Waals surface area (Å²) in [5.74, 6) is 0.691. The number of hydrogen-bond donors (Lipinski definition) is 1. The molecule has 1 saturated heterocycles. The average Bonchev–Trinajstić information content (AvgIpc) is 2.73. The van der Waals surface area contributed by atoms with Gasteiger partial charge in [-0.15, -0.1) is 0 Å². The highest BCUT2D eigenvalue weighted by molar-refractivity contribution is 5.49. The van der Waals surface area contributed by atoms with Crippen LogP contribution in [0.15, 0.2) is 18.6 Å². The van der Waals surface area contributed by atoms with Crippen molar-refractivity contribution in [1.29, 1.82) is 0 Å². The van der Waals surface area contributed by atoms with E-state index in [0.29, 0.717) is 11.6 Å². The van der Waals surface area contributed by atoms with Crippen molar-refractivity contribution in [2.45, 2.75) is 19.3 Å². The van der Waals surface area contributed by atoms with Crippen molar-refractivity contribution >= 4 is 11.3 Å². The van der Waals surface area contributed by atoms with Crippen molar-refractivity contribution in [3.63, 3.8) is 0 Å². The van der Waals surface area contributed by atoms with Gasteiger partial charge in [-0.1, -0.05) is 0 Å². The highest BCUT2D eigenvalue weighted by atomic mass is 16.5. The van der Waals surface area contributed by atoms with Crippen LogP contribution in [0.2, 0.25) is 0 Å². The Balaban J connectivity index is 1.84. The van der Waals surface area contributed by atoms with E-state index in [1.807, 2.05) is 6.20 Å². The number of nitrogens with two attached hydrogens (primary N) is 1. The van der Waals surface area contributed by atoms with E-state index >= 15 is 0 Å². The third-order valence-electron chi connectivity index (χ3n) is 3.30. The maximum absolute atomic E-state index is 5.68. The lowest BCUT2D eigenvalue weighted by Gasteiger charge is -2.21. The largest absolute Gasteiger partial charge is 0.396 e. The van der Waals surface area contributed by atoms with Crippen molar-refractivity contribution < 1.29 is 4.74 Å². The third-order valence-corrected chi connectivity index (χ3v) is 3.30. The Labute approximate surface area is 99.6 Å². The predicted molar refractivity (Wildman–Crippen MR) is 64.6 cm³/mol. The van der Waals surface area contributed by atoms with E-state index in [-0.39, 0.29) is 0 Å². The SMILES string of the molecule is Nc1cnc2c(CC3CCOCC3)cnn2c1. The Morgan fingerprint density at radius 3 is 3.00 bits per heavy atom. The van der Waals surface area contributed by atoms with E-state index in [9.17, 15) is 0 Å². The van der Waals surface area contributed by atoms with Crippen molar-refractivity contribution in [3.05, 3.63) is 24.2 Å². The van der Waals surface area contributed by atoms with Gasteiger partial charge < -0.3 is 10.5 Å². The molecule has 1 aliphatic heterocycles. The van der Waals surface area contributed by atoms with Crippen LogP contribution in [-0.2, 0) is 11.2 Å². The second-order valence-corrected chi connectivity index (χ2v) is 4.59. The van der Waals surface area contributed by atoms with Crippen molar-refractivity contribution in [3.8, 4) is 0 Å². The van der Waals surface area contributed by atoms with Gasteiger partial charge in [0.2, 0.25) is 0 Å². The summed E-state index contributed by atoms with van der Waals surface area (Å²) in [6, 6.07) is 0. The van der Waals surface area contributed by atoms with Crippen LogP contribution in [-0.4, -0.2) is 27.8 Å². The van der Waals surface area contributed by atoms with Gasteiger partial charge in [0.25, 0.3) is 0 Å². The van der Waals surface area contributed by atoms with Crippen LogP contribution in [0.3, 0.4) is 0 Å². The molecule has 2 aromatic rings. The van der Waals surface area contributed by atoms with E-state index in [4.69, 9.17) is 10.5 Å². The van der Waals surface area contributed by atoms with Gasteiger partial charge in [0, 0.05) is 18.8 Å². The molecule has 3 heterocycles. The first-order chi connectivity index (χ1) is 8.33. The van der Waals surface area contributed by atoms with Gasteiger partial charge in [-0.05, 0) is 25.2 Å². The summed E-state index contributed by atoms with van der Waals surface area (Å²) in [4.78, 5) is 4.35. The molecular formula is C12H16N4O. The van der Waals surface area contributed by atoms with Crippen molar-refractivity contribution in [1.82, 2.24) is 14.6 Å². The molecule has 2 aromatic heterocycles. The van der Waals surface area contributed by atoms with Gasteiger partial charge in [-0.3, -0.25) is 0 Å². The molecule has 3 rings (SSSR count). The van der Waals surface area contributed by atoms with E-state index < -0.39 is 0 Å². The summed E-state index contributed by atoms with van der Waals surface area (Å²) in [6.45, 7) is 1.76. The maximum Gasteiger partial charge on any atom is 0.158 e. The first-order valence-electron chi connectivity index (χ1n) is 5.98. The Morgan fingerprint density at radius 1 is 1.35 bits per heavy atom. The number of fused-ring (bicyclic) bond motifs is 1. The minimum atomic E-state index is 0.637. The molecule has 0 saturated carbocycles. The van der Waals surface area contributed by atoms with Gasteiger partial charge >= 0.3 is 0 Å². The molecule has 5 nitrogen and oxygen atoms in total. The van der Waals surface area contributed by atoms with Crippen LogP contribution in [0.1, 0.15) is 18.4 Å². The molecule has 0 unspecified atom stereocenters. The van der Waals surface area contributed by atoms with Crippen LogP contribution in [0.4, 0.5) is 5.69 Å². The van der Waals surface area contributed by atoms with Crippen LogP contribution in [0.25, 0.3) is 5.65 Å². The molecule has 0 atom stereocenters. The molecule has 1 fully saturated rings. The zero-order chi connectivity index (χ0) is 11.7. The molecule has 0 bridgehead atoms. The van der Waals surface area contributed by atoms with E-state index in [0.717, 1.165) is 38.1 Å². The maximum atomic E-state index is 5.68. The summed E-state index contributed by atoms with van der Waals surface area (Å²) in [5.41, 5.74) is 8.44. The van der Waals surface area contributed by atoms with Crippen molar-refractivity contribution in [2.24, 2.45) is 5.92 Å². The molecule has 2 N–H and O–H groups in total. The Kier molecular flexibility index (Phi) is 2.68. The lowest BCUT2D eigenvalue weighted by Crippen LogP contribution is -2.17. The van der Waals surface area contributed by atoms with Gasteiger partial charge in [-0.2, -0.15) is 5.10 Å². The molecule has 0 spiro atoms. The molecule has 0 aromatic carbocycles. The molecular weight excluding hydrogens is 216 g/mol. The highest BCUT2D eigenvalue weighted by Gasteiger charge is 2.16. The number of nitrogen functional groups attached to an aromatic ring is 1. The highest BCUT2D eigenvalue weighted by Crippen LogP contribution is 2.21. The van der Waals surface area contributed by atoms with E-state index in [1.54, 1.807) is 16.9 Å². The standard InChI is InChI=1S/C12H16N4O/c13-11-7-14-12-10(6-15-16(12)8-11)5-9-1-3-17-4-2-9/h6-9H,1-5,13H2. The Hall–Kier alpha value is -1.62. The van der Waals surface area contributed by atoms with Crippen LogP contribution in [0, 0.1) is 5.92 Å². The van der Waals surface area contributed by atoms with Gasteiger partial charge in [0.15, 0.2) is 5.65 Å². The number of anilines is 1. The van der Waals surface area contributed by atoms with Crippen molar-refractivity contribution in [2.75, 3.05) is 18.9 Å². The molecule has 0 radical (unpaired) electrons. The summed E-state index contributed by atoms with van der Waals surface area (Å²) >= 11 is 0. The minimum absolute atomic E-state index is 0.637. The van der Waals surface area contributed by atoms with Crippen LogP contribution in [0.5, 0.6) is 0 Å². The lowest BCUT2D eigenvalue weighted by atomic mass is 9.93. The molecule has 1 aliphatic rings. The van der Waals surface area contributed by atoms with Crippen LogP contribution < -0.4 is 5.73 Å². The normalized spacial score (nSPS) is 17.6. The summed E-state index contributed by atoms with van der Waals surface area (Å²) in [7, 11) is 0. The molecule has 17 heavy (non-hydrogen) atoms. The Morgan fingerprint density at radius 2 is 2.18 bits per heavy atom.